The van der Waals surface area contributed by atoms with Crippen molar-refractivity contribution in [1.82, 2.24) is 15.1 Å². The van der Waals surface area contributed by atoms with Gasteiger partial charge in [0.25, 0.3) is 0 Å². The molecule has 0 radical (unpaired) electrons. The van der Waals surface area contributed by atoms with Crippen molar-refractivity contribution in [3.05, 3.63) is 53.9 Å². The second-order valence-corrected chi connectivity index (χ2v) is 6.44. The van der Waals surface area contributed by atoms with E-state index in [4.69, 9.17) is 0 Å². The van der Waals surface area contributed by atoms with Crippen molar-refractivity contribution >= 4 is 5.91 Å². The first-order valence-electron chi connectivity index (χ1n) is 8.62. The highest BCUT2D eigenvalue weighted by Gasteiger charge is 2.16. The smallest absolute Gasteiger partial charge is 0.220 e. The minimum Gasteiger partial charge on any atom is -0.352 e. The van der Waals surface area contributed by atoms with Crippen LogP contribution in [0.1, 0.15) is 49.7 Å². The van der Waals surface area contributed by atoms with Crippen LogP contribution >= 0.6 is 0 Å². The molecule has 1 aliphatic carbocycles. The summed E-state index contributed by atoms with van der Waals surface area (Å²) in [5, 5.41) is 7.33. The number of nitrogens with zero attached hydrogens (tertiary/aromatic N) is 2. The number of carbonyl (C=O) groups is 1. The summed E-state index contributed by atoms with van der Waals surface area (Å²) < 4.78 is 1.90. The molecular weight excluding hydrogens is 286 g/mol. The molecule has 1 heterocycles. The quantitative estimate of drug-likeness (QED) is 0.850. The van der Waals surface area contributed by atoms with E-state index in [-0.39, 0.29) is 5.91 Å². The zero-order valence-corrected chi connectivity index (χ0v) is 13.6. The first-order chi connectivity index (χ1) is 11.3. The maximum Gasteiger partial charge on any atom is 0.220 e. The molecule has 0 atom stereocenters. The third-order valence-corrected chi connectivity index (χ3v) is 4.74. The van der Waals surface area contributed by atoms with Crippen LogP contribution in [0.2, 0.25) is 0 Å². The molecule has 1 amide bonds. The minimum absolute atomic E-state index is 0.172. The van der Waals surface area contributed by atoms with E-state index >= 15 is 0 Å². The van der Waals surface area contributed by atoms with Gasteiger partial charge in [0.1, 0.15) is 0 Å². The van der Waals surface area contributed by atoms with Gasteiger partial charge >= 0.3 is 0 Å². The van der Waals surface area contributed by atoms with Gasteiger partial charge in [0.2, 0.25) is 5.91 Å². The van der Waals surface area contributed by atoms with Gasteiger partial charge in [-0.3, -0.25) is 9.48 Å². The third-order valence-electron chi connectivity index (χ3n) is 4.74. The molecule has 0 unspecified atom stereocenters. The molecule has 1 aromatic heterocycles. The number of benzene rings is 1. The summed E-state index contributed by atoms with van der Waals surface area (Å²) in [6, 6.07) is 10.2. The molecule has 4 nitrogen and oxygen atoms in total. The molecule has 23 heavy (non-hydrogen) atoms. The third kappa shape index (κ3) is 4.68. The second kappa shape index (κ2) is 7.95. The van der Waals surface area contributed by atoms with Crippen LogP contribution in [-0.4, -0.2) is 15.7 Å². The zero-order valence-electron chi connectivity index (χ0n) is 13.6. The van der Waals surface area contributed by atoms with Gasteiger partial charge in [-0.05, 0) is 29.5 Å². The van der Waals surface area contributed by atoms with E-state index in [2.05, 4.69) is 22.5 Å². The molecular formula is C19H25N3O. The number of hydrogen-bond donors (Lipinski definition) is 1. The van der Waals surface area contributed by atoms with Gasteiger partial charge in [-0.1, -0.05) is 49.9 Å². The van der Waals surface area contributed by atoms with Crippen molar-refractivity contribution in [2.75, 3.05) is 0 Å². The Hall–Kier alpha value is -2.10. The lowest BCUT2D eigenvalue weighted by Gasteiger charge is -2.12. The molecule has 122 valence electrons. The van der Waals surface area contributed by atoms with Crippen molar-refractivity contribution in [2.24, 2.45) is 5.92 Å². The van der Waals surface area contributed by atoms with Gasteiger partial charge in [0, 0.05) is 25.4 Å². The maximum absolute atomic E-state index is 12.1. The van der Waals surface area contributed by atoms with Gasteiger partial charge in [0.05, 0.1) is 6.54 Å². The van der Waals surface area contributed by atoms with Crippen molar-refractivity contribution < 1.29 is 4.79 Å². The molecule has 1 fully saturated rings. The topological polar surface area (TPSA) is 46.9 Å². The highest BCUT2D eigenvalue weighted by atomic mass is 16.1. The monoisotopic (exact) mass is 311 g/mol. The number of amides is 1. The number of hydrogen-bond acceptors (Lipinski definition) is 2. The summed E-state index contributed by atoms with van der Waals surface area (Å²) in [4.78, 5) is 12.1. The first-order valence-corrected chi connectivity index (χ1v) is 8.62. The van der Waals surface area contributed by atoms with Gasteiger partial charge in [-0.15, -0.1) is 0 Å². The maximum atomic E-state index is 12.1. The first kappa shape index (κ1) is 15.8. The van der Waals surface area contributed by atoms with Gasteiger partial charge < -0.3 is 5.32 Å². The Morgan fingerprint density at radius 1 is 1.17 bits per heavy atom. The zero-order chi connectivity index (χ0) is 15.9. The van der Waals surface area contributed by atoms with E-state index in [1.54, 1.807) is 6.20 Å². The molecule has 1 saturated carbocycles. The number of nitrogens with one attached hydrogen (secondary N) is 1. The van der Waals surface area contributed by atoms with E-state index < -0.39 is 0 Å². The summed E-state index contributed by atoms with van der Waals surface area (Å²) in [5.41, 5.74) is 2.37. The van der Waals surface area contributed by atoms with Crippen LogP contribution in [-0.2, 0) is 17.9 Å². The largest absolute Gasteiger partial charge is 0.352 e. The second-order valence-electron chi connectivity index (χ2n) is 6.44. The average Bonchev–Trinajstić information content (AvgIpc) is 3.25. The minimum atomic E-state index is 0.172. The van der Waals surface area contributed by atoms with Gasteiger partial charge in [0.15, 0.2) is 0 Å². The van der Waals surface area contributed by atoms with Gasteiger partial charge in [-0.2, -0.15) is 5.10 Å². The summed E-state index contributed by atoms with van der Waals surface area (Å²) in [6.07, 6.45) is 10.7. The fourth-order valence-electron chi connectivity index (χ4n) is 3.37. The Labute approximate surface area is 137 Å². The van der Waals surface area contributed by atoms with E-state index in [0.29, 0.717) is 13.0 Å². The van der Waals surface area contributed by atoms with Gasteiger partial charge in [-0.25, -0.2) is 0 Å². The summed E-state index contributed by atoms with van der Waals surface area (Å²) in [6.45, 7) is 1.34. The number of rotatable bonds is 7. The van der Waals surface area contributed by atoms with Crippen molar-refractivity contribution in [2.45, 2.75) is 51.6 Å². The molecule has 1 aromatic carbocycles. The Kier molecular flexibility index (Phi) is 5.46. The Balaban J connectivity index is 1.50. The molecule has 1 N–H and O–H groups in total. The van der Waals surface area contributed by atoms with Crippen LogP contribution in [0, 0.1) is 5.92 Å². The van der Waals surface area contributed by atoms with Crippen LogP contribution in [0.3, 0.4) is 0 Å². The molecule has 0 saturated heterocycles. The number of carbonyl (C=O) groups excluding carboxylic acids is 1. The highest BCUT2D eigenvalue weighted by molar-refractivity contribution is 5.75. The lowest BCUT2D eigenvalue weighted by Crippen LogP contribution is -2.23. The number of aromatic nitrogens is 2. The average molecular weight is 311 g/mol. The van der Waals surface area contributed by atoms with Crippen LogP contribution < -0.4 is 5.32 Å². The van der Waals surface area contributed by atoms with E-state index in [1.807, 2.05) is 29.1 Å². The normalized spacial score (nSPS) is 15.0. The standard InChI is InChI=1S/C19H25N3O/c23-19(11-10-16-6-1-2-7-16)20-14-17-8-3-4-9-18(17)15-22-13-5-12-21-22/h3-5,8-9,12-13,16H,1-2,6-7,10-11,14-15H2,(H,20,23). The lowest BCUT2D eigenvalue weighted by molar-refractivity contribution is -0.121. The van der Waals surface area contributed by atoms with Crippen LogP contribution in [0.5, 0.6) is 0 Å². The molecule has 3 rings (SSSR count). The molecule has 2 aromatic rings. The van der Waals surface area contributed by atoms with Crippen molar-refractivity contribution in [3.8, 4) is 0 Å². The molecule has 0 bridgehead atoms. The van der Waals surface area contributed by atoms with Crippen LogP contribution in [0.25, 0.3) is 0 Å². The predicted molar refractivity (Wildman–Crippen MR) is 90.8 cm³/mol. The predicted octanol–water partition coefficient (Wildman–Crippen LogP) is 3.52. The van der Waals surface area contributed by atoms with Crippen molar-refractivity contribution in [1.29, 1.82) is 0 Å². The fourth-order valence-corrected chi connectivity index (χ4v) is 3.37. The van der Waals surface area contributed by atoms with E-state index in [9.17, 15) is 4.79 Å². The molecule has 4 heteroatoms. The molecule has 1 aliphatic rings. The summed E-state index contributed by atoms with van der Waals surface area (Å²) >= 11 is 0. The van der Waals surface area contributed by atoms with E-state index in [0.717, 1.165) is 24.4 Å². The molecule has 0 spiro atoms. The Morgan fingerprint density at radius 2 is 1.96 bits per heavy atom. The summed E-state index contributed by atoms with van der Waals surface area (Å²) in [7, 11) is 0. The summed E-state index contributed by atoms with van der Waals surface area (Å²) in [5.74, 6) is 0.943. The SMILES string of the molecule is O=C(CCC1CCCC1)NCc1ccccc1Cn1cccn1. The fraction of sp³-hybridized carbons (Fsp3) is 0.474. The van der Waals surface area contributed by atoms with Crippen molar-refractivity contribution in [3.63, 3.8) is 0 Å². The molecule has 0 aliphatic heterocycles. The van der Waals surface area contributed by atoms with Crippen LogP contribution in [0.15, 0.2) is 42.7 Å². The van der Waals surface area contributed by atoms with Crippen LogP contribution in [0.4, 0.5) is 0 Å². The Morgan fingerprint density at radius 3 is 2.70 bits per heavy atom. The highest BCUT2D eigenvalue weighted by Crippen LogP contribution is 2.28. The Bertz CT molecular complexity index is 615. The lowest BCUT2D eigenvalue weighted by atomic mass is 10.0. The van der Waals surface area contributed by atoms with E-state index in [1.165, 1.54) is 31.2 Å².